The van der Waals surface area contributed by atoms with E-state index in [2.05, 4.69) is 28.8 Å². The Morgan fingerprint density at radius 1 is 1.33 bits per heavy atom. The van der Waals surface area contributed by atoms with Crippen LogP contribution in [0.4, 0.5) is 10.2 Å². The van der Waals surface area contributed by atoms with E-state index in [9.17, 15) is 9.18 Å². The molecule has 0 aliphatic heterocycles. The quantitative estimate of drug-likeness (QED) is 0.411. The molecule has 0 amide bonds. The van der Waals surface area contributed by atoms with E-state index in [4.69, 9.17) is 0 Å². The lowest BCUT2D eigenvalue weighted by Gasteiger charge is -2.08. The molecule has 5 nitrogen and oxygen atoms in total. The van der Waals surface area contributed by atoms with Gasteiger partial charge in [0.2, 0.25) is 0 Å². The second kappa shape index (κ2) is 9.83. The van der Waals surface area contributed by atoms with E-state index in [-0.39, 0.29) is 0 Å². The highest BCUT2D eigenvalue weighted by atomic mass is 19.1. The van der Waals surface area contributed by atoms with Crippen LogP contribution in [-0.2, 0) is 0 Å². The van der Waals surface area contributed by atoms with Crippen LogP contribution in [-0.4, -0.2) is 35.8 Å². The molecule has 1 aliphatic rings. The summed E-state index contributed by atoms with van der Waals surface area (Å²) in [6, 6.07) is 3.60. The second-order valence-corrected chi connectivity index (χ2v) is 6.35. The molecule has 27 heavy (non-hydrogen) atoms. The van der Waals surface area contributed by atoms with Crippen molar-refractivity contribution in [2.24, 2.45) is 0 Å². The lowest BCUT2D eigenvalue weighted by Crippen LogP contribution is -2.18. The Labute approximate surface area is 159 Å². The summed E-state index contributed by atoms with van der Waals surface area (Å²) in [6.07, 6.45) is 8.58. The number of carbonyl (C=O) groups is 1. The maximum Gasteiger partial charge on any atom is 0.170 e. The van der Waals surface area contributed by atoms with Gasteiger partial charge in [0, 0.05) is 19.3 Å². The van der Waals surface area contributed by atoms with Crippen LogP contribution in [0, 0.1) is 0 Å². The summed E-state index contributed by atoms with van der Waals surface area (Å²) >= 11 is 0. The fraction of sp³-hybridized carbons (Fsp3) is 0.333. The van der Waals surface area contributed by atoms with Crippen molar-refractivity contribution >= 4 is 23.3 Å². The predicted octanol–water partition coefficient (Wildman–Crippen LogP) is 4.39. The van der Waals surface area contributed by atoms with Crippen molar-refractivity contribution in [3.8, 4) is 0 Å². The number of halogens is 1. The topological polar surface area (TPSA) is 58.4 Å². The van der Waals surface area contributed by atoms with Gasteiger partial charge in [-0.1, -0.05) is 38.5 Å². The van der Waals surface area contributed by atoms with Gasteiger partial charge in [-0.15, -0.1) is 0 Å². The molecule has 0 saturated heterocycles. The third-order valence-electron chi connectivity index (χ3n) is 4.11. The number of hydrogen-bond donors (Lipinski definition) is 2. The van der Waals surface area contributed by atoms with E-state index >= 15 is 0 Å². The first kappa shape index (κ1) is 20.6. The molecule has 2 N–H and O–H groups in total. The zero-order valence-electron chi connectivity index (χ0n) is 16.0. The third kappa shape index (κ3) is 5.37. The maximum absolute atomic E-state index is 13.5. The van der Waals surface area contributed by atoms with Gasteiger partial charge >= 0.3 is 0 Å². The Hall–Kier alpha value is -2.73. The number of nitrogens with zero attached hydrogens (tertiary/aromatic N) is 2. The van der Waals surface area contributed by atoms with Crippen LogP contribution in [0.1, 0.15) is 42.2 Å². The number of rotatable bonds is 8. The highest BCUT2D eigenvalue weighted by Gasteiger charge is 2.13. The number of allylic oxidation sites excluding steroid dienone is 4. The number of nitrogens with one attached hydrogen (secondary N) is 2. The number of likely N-dealkylation sites (N-methyl/N-ethyl adjacent to an activating group) is 1. The molecule has 2 aromatic heterocycles. The average Bonchev–Trinajstić information content (AvgIpc) is 3.50. The minimum absolute atomic E-state index is 0.407. The van der Waals surface area contributed by atoms with Crippen LogP contribution in [0.3, 0.4) is 0 Å². The first-order valence-electron chi connectivity index (χ1n) is 9.07. The molecule has 1 saturated carbocycles. The number of aromatic nitrogens is 2. The van der Waals surface area contributed by atoms with Gasteiger partial charge in [0.05, 0.1) is 0 Å². The normalized spacial score (nSPS) is 13.3. The number of anilines is 1. The average molecular weight is 370 g/mol. The third-order valence-corrected chi connectivity index (χ3v) is 4.11. The fourth-order valence-electron chi connectivity index (χ4n) is 2.40. The van der Waals surface area contributed by atoms with E-state index in [1.807, 2.05) is 13.1 Å². The summed E-state index contributed by atoms with van der Waals surface area (Å²) in [5.74, 6) is 0.00816. The number of hydrogen-bond acceptors (Lipinski definition) is 4. The lowest BCUT2D eigenvalue weighted by molar-refractivity contribution is 0.111. The molecule has 0 unspecified atom stereocenters. The van der Waals surface area contributed by atoms with Crippen molar-refractivity contribution < 1.29 is 9.18 Å². The number of pyridine rings is 1. The van der Waals surface area contributed by atoms with Crippen molar-refractivity contribution in [3.63, 3.8) is 0 Å². The van der Waals surface area contributed by atoms with Crippen molar-refractivity contribution in [2.45, 2.75) is 26.2 Å². The Kier molecular flexibility index (Phi) is 7.49. The van der Waals surface area contributed by atoms with E-state index in [0.29, 0.717) is 34.8 Å². The summed E-state index contributed by atoms with van der Waals surface area (Å²) in [5.41, 5.74) is 2.82. The van der Waals surface area contributed by atoms with Crippen molar-refractivity contribution in [3.05, 3.63) is 60.2 Å². The molecule has 144 valence electrons. The first-order valence-corrected chi connectivity index (χ1v) is 9.07. The van der Waals surface area contributed by atoms with Gasteiger partial charge in [-0.3, -0.25) is 9.20 Å². The smallest absolute Gasteiger partial charge is 0.170 e. The standard InChI is InChI=1S/C18H21FN4O.C3H6/c1-5-15(12(2)13(3)19)14-6-7-17-22-18(21-9-8-20-4)16(11-24)23(17)10-14;1-2-3-1/h5-7,10-11,20-21H,1,3,8-9H2,2,4H3;1-3H2/b15-12+;. The van der Waals surface area contributed by atoms with Gasteiger partial charge in [-0.05, 0) is 42.8 Å². The number of carbonyl (C=O) groups excluding carboxylic acids is 1. The predicted molar refractivity (Wildman–Crippen MR) is 110 cm³/mol. The van der Waals surface area contributed by atoms with Crippen LogP contribution in [0.25, 0.3) is 11.2 Å². The molecular formula is C21H27FN4O. The minimum atomic E-state index is -0.513. The SMILES string of the molecule is C1CC1.C=C/C(=C(/C)C(=C)F)c1ccc2nc(NCCNC)c(C=O)n2c1. The van der Waals surface area contributed by atoms with E-state index in [0.717, 1.165) is 18.4 Å². The summed E-state index contributed by atoms with van der Waals surface area (Å²) in [5, 5.41) is 6.14. The summed E-state index contributed by atoms with van der Waals surface area (Å²) < 4.78 is 15.1. The molecule has 2 aromatic rings. The van der Waals surface area contributed by atoms with Crippen LogP contribution >= 0.6 is 0 Å². The molecule has 0 aromatic carbocycles. The van der Waals surface area contributed by atoms with Crippen molar-refractivity contribution in [1.29, 1.82) is 0 Å². The van der Waals surface area contributed by atoms with E-state index in [1.54, 1.807) is 29.7 Å². The first-order chi connectivity index (χ1) is 13.0. The highest BCUT2D eigenvalue weighted by molar-refractivity contribution is 5.84. The van der Waals surface area contributed by atoms with Crippen molar-refractivity contribution in [2.75, 3.05) is 25.5 Å². The largest absolute Gasteiger partial charge is 0.367 e. The van der Waals surface area contributed by atoms with Crippen molar-refractivity contribution in [1.82, 2.24) is 14.7 Å². The molecule has 2 heterocycles. The van der Waals surface area contributed by atoms with Gasteiger partial charge in [0.1, 0.15) is 17.2 Å². The van der Waals surface area contributed by atoms with E-state index in [1.165, 1.54) is 19.3 Å². The zero-order chi connectivity index (χ0) is 19.8. The monoisotopic (exact) mass is 370 g/mol. The molecule has 0 spiro atoms. The van der Waals surface area contributed by atoms with Gasteiger partial charge in [0.15, 0.2) is 12.1 Å². The molecular weight excluding hydrogens is 343 g/mol. The number of aldehydes is 1. The molecule has 6 heteroatoms. The van der Waals surface area contributed by atoms with Crippen LogP contribution in [0.5, 0.6) is 0 Å². The highest BCUT2D eigenvalue weighted by Crippen LogP contribution is 2.26. The summed E-state index contributed by atoms with van der Waals surface area (Å²) in [6.45, 7) is 10.1. The Bertz CT molecular complexity index is 862. The molecule has 0 radical (unpaired) electrons. The van der Waals surface area contributed by atoms with Crippen LogP contribution < -0.4 is 10.6 Å². The minimum Gasteiger partial charge on any atom is -0.367 e. The second-order valence-electron chi connectivity index (χ2n) is 6.35. The summed E-state index contributed by atoms with van der Waals surface area (Å²) in [4.78, 5) is 15.9. The molecule has 1 aliphatic carbocycles. The molecule has 3 rings (SSSR count). The molecule has 0 bridgehead atoms. The van der Waals surface area contributed by atoms with Gasteiger partial charge < -0.3 is 10.6 Å². The zero-order valence-corrected chi connectivity index (χ0v) is 16.0. The van der Waals surface area contributed by atoms with Gasteiger partial charge in [-0.25, -0.2) is 9.37 Å². The molecule has 1 fully saturated rings. The molecule has 0 atom stereocenters. The Morgan fingerprint density at radius 2 is 2.04 bits per heavy atom. The van der Waals surface area contributed by atoms with Crippen LogP contribution in [0.15, 0.2) is 49.0 Å². The van der Waals surface area contributed by atoms with Crippen LogP contribution in [0.2, 0.25) is 0 Å². The Morgan fingerprint density at radius 3 is 2.56 bits per heavy atom. The number of fused-ring (bicyclic) bond motifs is 1. The maximum atomic E-state index is 13.5. The summed E-state index contributed by atoms with van der Waals surface area (Å²) in [7, 11) is 1.85. The van der Waals surface area contributed by atoms with Gasteiger partial charge in [-0.2, -0.15) is 0 Å². The lowest BCUT2D eigenvalue weighted by atomic mass is 10.0. The number of imidazole rings is 1. The fourth-order valence-corrected chi connectivity index (χ4v) is 2.40. The van der Waals surface area contributed by atoms with E-state index < -0.39 is 5.83 Å². The van der Waals surface area contributed by atoms with Gasteiger partial charge in [0.25, 0.3) is 0 Å². The Balaban J connectivity index is 0.000000789.